The number of phenolic OH excluding ortho intramolecular Hbond substituents is 1. The molecule has 2 atom stereocenters. The number of phenols is 1. The lowest BCUT2D eigenvalue weighted by molar-refractivity contribution is 0.187. The number of aliphatic hydroxyl groups excluding tert-OH is 1. The molecule has 0 fully saturated rings. The van der Waals surface area contributed by atoms with Gasteiger partial charge in [-0.25, -0.2) is 0 Å². The molecule has 0 aliphatic heterocycles. The van der Waals surface area contributed by atoms with Crippen LogP contribution in [0.2, 0.25) is 0 Å². The Bertz CT molecular complexity index is 425. The Balaban J connectivity index is 2.50. The summed E-state index contributed by atoms with van der Waals surface area (Å²) in [5.74, 6) is 0.0894. The Morgan fingerprint density at radius 2 is 1.93 bits per heavy atom. The van der Waals surface area contributed by atoms with E-state index in [1.54, 1.807) is 48.6 Å². The molecule has 78 valence electrons. The van der Waals surface area contributed by atoms with Crippen LogP contribution in [-0.4, -0.2) is 16.3 Å². The highest BCUT2D eigenvalue weighted by atomic mass is 35.5. The lowest BCUT2D eigenvalue weighted by atomic mass is 9.88. The van der Waals surface area contributed by atoms with Crippen molar-refractivity contribution in [1.29, 1.82) is 0 Å². The molecule has 1 aromatic rings. The second-order valence-electron chi connectivity index (χ2n) is 3.47. The fourth-order valence-corrected chi connectivity index (χ4v) is 1.96. The number of hydrogen-bond donors (Lipinski definition) is 2. The van der Waals surface area contributed by atoms with Gasteiger partial charge in [-0.1, -0.05) is 42.5 Å². The molecule has 1 aliphatic carbocycles. The van der Waals surface area contributed by atoms with Crippen molar-refractivity contribution in [3.63, 3.8) is 0 Å². The van der Waals surface area contributed by atoms with Crippen LogP contribution >= 0.6 is 11.6 Å². The molecule has 1 aliphatic rings. The van der Waals surface area contributed by atoms with Crippen molar-refractivity contribution in [3.8, 4) is 5.75 Å². The van der Waals surface area contributed by atoms with E-state index in [0.717, 1.165) is 0 Å². The number of alkyl halides is 1. The molecule has 0 aromatic heterocycles. The van der Waals surface area contributed by atoms with Crippen LogP contribution in [0.3, 0.4) is 0 Å². The molecule has 2 nitrogen and oxygen atoms in total. The first-order valence-corrected chi connectivity index (χ1v) is 5.04. The fraction of sp³-hybridized carbons (Fsp3) is 0.167. The van der Waals surface area contributed by atoms with E-state index in [-0.39, 0.29) is 5.75 Å². The van der Waals surface area contributed by atoms with Gasteiger partial charge in [-0.15, -0.1) is 11.6 Å². The number of halogens is 1. The largest absolute Gasteiger partial charge is 0.508 e. The maximum Gasteiger partial charge on any atom is 0.121 e. The van der Waals surface area contributed by atoms with Crippen LogP contribution in [-0.2, 0) is 4.87 Å². The molecule has 0 bridgehead atoms. The monoisotopic (exact) mass is 222 g/mol. The third-order valence-electron chi connectivity index (χ3n) is 2.49. The van der Waals surface area contributed by atoms with E-state index in [2.05, 4.69) is 0 Å². The first kappa shape index (κ1) is 10.3. The fourth-order valence-electron chi connectivity index (χ4n) is 1.65. The van der Waals surface area contributed by atoms with Gasteiger partial charge in [-0.2, -0.15) is 0 Å². The van der Waals surface area contributed by atoms with Gasteiger partial charge >= 0.3 is 0 Å². The predicted octanol–water partition coefficient (Wildman–Crippen LogP) is 2.31. The SMILES string of the molecule is Oc1ccccc1C1(Cl)C=CC=CC1O. The normalized spacial score (nSPS) is 29.3. The maximum absolute atomic E-state index is 9.82. The van der Waals surface area contributed by atoms with E-state index in [1.165, 1.54) is 0 Å². The van der Waals surface area contributed by atoms with Gasteiger partial charge in [0.25, 0.3) is 0 Å². The van der Waals surface area contributed by atoms with Gasteiger partial charge in [0.1, 0.15) is 10.6 Å². The zero-order valence-electron chi connectivity index (χ0n) is 7.97. The van der Waals surface area contributed by atoms with Gasteiger partial charge in [0.15, 0.2) is 0 Å². The Hall–Kier alpha value is -1.25. The highest BCUT2D eigenvalue weighted by molar-refractivity contribution is 6.26. The summed E-state index contributed by atoms with van der Waals surface area (Å²) in [6.45, 7) is 0. The second-order valence-corrected chi connectivity index (χ2v) is 4.10. The smallest absolute Gasteiger partial charge is 0.121 e. The first-order valence-electron chi connectivity index (χ1n) is 4.66. The van der Waals surface area contributed by atoms with Gasteiger partial charge < -0.3 is 10.2 Å². The summed E-state index contributed by atoms with van der Waals surface area (Å²) < 4.78 is 0. The summed E-state index contributed by atoms with van der Waals surface area (Å²) >= 11 is 6.31. The minimum atomic E-state index is -1.07. The molecule has 1 aromatic carbocycles. The van der Waals surface area contributed by atoms with Gasteiger partial charge in [-0.05, 0) is 6.07 Å². The van der Waals surface area contributed by atoms with Crippen molar-refractivity contribution >= 4 is 11.6 Å². The lowest BCUT2D eigenvalue weighted by Crippen LogP contribution is -2.32. The van der Waals surface area contributed by atoms with E-state index in [0.29, 0.717) is 5.56 Å². The predicted molar refractivity (Wildman–Crippen MR) is 59.9 cm³/mol. The van der Waals surface area contributed by atoms with Crippen LogP contribution < -0.4 is 0 Å². The quantitative estimate of drug-likeness (QED) is 0.716. The van der Waals surface area contributed by atoms with Crippen molar-refractivity contribution in [1.82, 2.24) is 0 Å². The van der Waals surface area contributed by atoms with Gasteiger partial charge in [0.05, 0.1) is 6.10 Å². The van der Waals surface area contributed by atoms with E-state index in [9.17, 15) is 10.2 Å². The van der Waals surface area contributed by atoms with E-state index >= 15 is 0 Å². The maximum atomic E-state index is 9.82. The Morgan fingerprint density at radius 1 is 1.20 bits per heavy atom. The van der Waals surface area contributed by atoms with E-state index in [1.807, 2.05) is 0 Å². The number of hydrogen-bond acceptors (Lipinski definition) is 2. The van der Waals surface area contributed by atoms with Crippen LogP contribution in [0.1, 0.15) is 5.56 Å². The summed E-state index contributed by atoms with van der Waals surface area (Å²) in [6, 6.07) is 6.75. The van der Waals surface area contributed by atoms with Gasteiger partial charge in [-0.3, -0.25) is 0 Å². The molecule has 2 N–H and O–H groups in total. The molecule has 2 unspecified atom stereocenters. The third kappa shape index (κ3) is 1.66. The summed E-state index contributed by atoms with van der Waals surface area (Å²) in [5, 5.41) is 19.5. The highest BCUT2D eigenvalue weighted by Gasteiger charge is 2.36. The standard InChI is InChI=1S/C12H11ClO2/c13-12(8-4-3-7-11(12)15)9-5-1-2-6-10(9)14/h1-8,11,14-15H. The van der Waals surface area contributed by atoms with Crippen molar-refractivity contribution in [2.24, 2.45) is 0 Å². The summed E-state index contributed by atoms with van der Waals surface area (Å²) in [6.07, 6.45) is 5.92. The average molecular weight is 223 g/mol. The van der Waals surface area contributed by atoms with Gasteiger partial charge in [0, 0.05) is 5.56 Å². The molecule has 0 spiro atoms. The van der Waals surface area contributed by atoms with Crippen LogP contribution in [0.15, 0.2) is 48.6 Å². The number of rotatable bonds is 1. The highest BCUT2D eigenvalue weighted by Crippen LogP contribution is 2.41. The molecule has 0 saturated heterocycles. The molecular weight excluding hydrogens is 212 g/mol. The number of aliphatic hydroxyl groups is 1. The molecule has 0 heterocycles. The summed E-state index contributed by atoms with van der Waals surface area (Å²) in [4.78, 5) is -1.07. The van der Waals surface area contributed by atoms with E-state index < -0.39 is 11.0 Å². The minimum absolute atomic E-state index is 0.0894. The molecule has 0 amide bonds. The number of para-hydroxylation sites is 1. The van der Waals surface area contributed by atoms with Crippen molar-refractivity contribution in [2.75, 3.05) is 0 Å². The van der Waals surface area contributed by atoms with Crippen molar-refractivity contribution in [2.45, 2.75) is 11.0 Å². The molecule has 3 heteroatoms. The molecule has 0 saturated carbocycles. The Kier molecular flexibility index (Phi) is 2.55. The van der Waals surface area contributed by atoms with Crippen LogP contribution in [0, 0.1) is 0 Å². The Morgan fingerprint density at radius 3 is 2.60 bits per heavy atom. The Labute approximate surface area is 93.1 Å². The number of aromatic hydroxyl groups is 1. The molecule has 15 heavy (non-hydrogen) atoms. The third-order valence-corrected chi connectivity index (χ3v) is 3.04. The van der Waals surface area contributed by atoms with Gasteiger partial charge in [0.2, 0.25) is 0 Å². The lowest BCUT2D eigenvalue weighted by Gasteiger charge is -2.30. The van der Waals surface area contributed by atoms with E-state index in [4.69, 9.17) is 11.6 Å². The summed E-state index contributed by atoms with van der Waals surface area (Å²) in [7, 11) is 0. The minimum Gasteiger partial charge on any atom is -0.508 e. The zero-order chi connectivity index (χ0) is 10.9. The summed E-state index contributed by atoms with van der Waals surface area (Å²) in [5.41, 5.74) is 0.514. The van der Waals surface area contributed by atoms with Crippen LogP contribution in [0.5, 0.6) is 5.75 Å². The van der Waals surface area contributed by atoms with Crippen LogP contribution in [0.4, 0.5) is 0 Å². The number of benzene rings is 1. The van der Waals surface area contributed by atoms with Crippen LogP contribution in [0.25, 0.3) is 0 Å². The number of allylic oxidation sites excluding steroid dienone is 2. The molecular formula is C12H11ClO2. The zero-order valence-corrected chi connectivity index (χ0v) is 8.72. The molecule has 0 radical (unpaired) electrons. The first-order chi connectivity index (χ1) is 7.14. The van der Waals surface area contributed by atoms with Crippen molar-refractivity contribution in [3.05, 3.63) is 54.1 Å². The second kappa shape index (κ2) is 3.72. The average Bonchev–Trinajstić information content (AvgIpc) is 2.23. The van der Waals surface area contributed by atoms with Crippen molar-refractivity contribution < 1.29 is 10.2 Å². The topological polar surface area (TPSA) is 40.5 Å². The molecule has 2 rings (SSSR count).